The van der Waals surface area contributed by atoms with Crippen molar-refractivity contribution in [3.8, 4) is 0 Å². The maximum Gasteiger partial charge on any atom is 0.279 e. The van der Waals surface area contributed by atoms with Gasteiger partial charge in [-0.15, -0.1) is 0 Å². The van der Waals surface area contributed by atoms with Crippen LogP contribution in [0.5, 0.6) is 0 Å². The Hall–Kier alpha value is -0.920. The second kappa shape index (κ2) is 6.02. The Labute approximate surface area is 115 Å². The molecule has 0 amide bonds. The minimum atomic E-state index is -3.38. The van der Waals surface area contributed by atoms with Crippen LogP contribution in [-0.4, -0.2) is 41.6 Å². The zero-order valence-corrected chi connectivity index (χ0v) is 12.3. The fraction of sp³-hybridized carbons (Fsp3) is 0.750. The predicted molar refractivity (Wildman–Crippen MR) is 73.7 cm³/mol. The van der Waals surface area contributed by atoms with Crippen molar-refractivity contribution in [3.05, 3.63) is 18.5 Å². The minimum Gasteiger partial charge on any atom is -0.271 e. The summed E-state index contributed by atoms with van der Waals surface area (Å²) in [5.74, 6) is 0.437. The van der Waals surface area contributed by atoms with E-state index < -0.39 is 10.2 Å². The van der Waals surface area contributed by atoms with E-state index in [1.807, 2.05) is 19.2 Å². The van der Waals surface area contributed by atoms with Crippen LogP contribution in [0.15, 0.2) is 18.5 Å². The average Bonchev–Trinajstić information content (AvgIpc) is 2.81. The first-order valence-electron chi connectivity index (χ1n) is 6.72. The molecule has 0 aromatic carbocycles. The summed E-state index contributed by atoms with van der Waals surface area (Å²) in [6, 6.07) is 1.65. The highest BCUT2D eigenvalue weighted by atomic mass is 32.2. The predicted octanol–water partition coefficient (Wildman–Crippen LogP) is 0.838. The van der Waals surface area contributed by atoms with Gasteiger partial charge in [-0.1, -0.05) is 6.92 Å². The van der Waals surface area contributed by atoms with E-state index in [0.29, 0.717) is 25.6 Å². The molecule has 2 heterocycles. The van der Waals surface area contributed by atoms with E-state index in [2.05, 4.69) is 16.7 Å². The minimum absolute atomic E-state index is 0.179. The van der Waals surface area contributed by atoms with Crippen LogP contribution >= 0.6 is 0 Å². The van der Waals surface area contributed by atoms with Gasteiger partial charge in [-0.2, -0.15) is 22.5 Å². The van der Waals surface area contributed by atoms with E-state index in [0.717, 1.165) is 12.8 Å². The van der Waals surface area contributed by atoms with Crippen molar-refractivity contribution in [1.29, 1.82) is 0 Å². The summed E-state index contributed by atoms with van der Waals surface area (Å²) in [5, 5.41) is 4.08. The number of nitrogens with zero attached hydrogens (tertiary/aromatic N) is 3. The van der Waals surface area contributed by atoms with Crippen molar-refractivity contribution in [3.63, 3.8) is 0 Å². The SMILES string of the molecule is C[C@H]1CCCN(S(=O)(=O)N[C@H](C)Cn2cccn2)C1. The Kier molecular flexibility index (Phi) is 4.59. The van der Waals surface area contributed by atoms with Gasteiger partial charge in [0.25, 0.3) is 10.2 Å². The van der Waals surface area contributed by atoms with Crippen molar-refractivity contribution in [2.24, 2.45) is 5.92 Å². The van der Waals surface area contributed by atoms with Crippen LogP contribution in [-0.2, 0) is 16.8 Å². The number of hydrogen-bond acceptors (Lipinski definition) is 3. The maximum atomic E-state index is 12.3. The van der Waals surface area contributed by atoms with Gasteiger partial charge >= 0.3 is 0 Å². The van der Waals surface area contributed by atoms with E-state index in [-0.39, 0.29) is 6.04 Å². The first-order chi connectivity index (χ1) is 8.97. The third-order valence-electron chi connectivity index (χ3n) is 3.33. The summed E-state index contributed by atoms with van der Waals surface area (Å²) in [6.45, 7) is 5.72. The molecular weight excluding hydrogens is 264 g/mol. The summed E-state index contributed by atoms with van der Waals surface area (Å²) < 4.78 is 30.5. The largest absolute Gasteiger partial charge is 0.279 e. The van der Waals surface area contributed by atoms with Crippen LogP contribution < -0.4 is 4.72 Å². The topological polar surface area (TPSA) is 67.2 Å². The zero-order chi connectivity index (χ0) is 13.9. The molecule has 1 saturated heterocycles. The Morgan fingerprint density at radius 3 is 2.95 bits per heavy atom. The molecule has 1 fully saturated rings. The highest BCUT2D eigenvalue weighted by Gasteiger charge is 2.28. The molecule has 1 aliphatic rings. The molecule has 1 aromatic heterocycles. The standard InChI is InChI=1S/C12H22N4O2S/c1-11-5-3-8-16(9-11)19(17,18)14-12(2)10-15-7-4-6-13-15/h4,6-7,11-12,14H,3,5,8-10H2,1-2H3/t11-,12+/m0/s1. The van der Waals surface area contributed by atoms with Crippen LogP contribution in [0.1, 0.15) is 26.7 Å². The maximum absolute atomic E-state index is 12.3. The number of hydrogen-bond donors (Lipinski definition) is 1. The van der Waals surface area contributed by atoms with Gasteiger partial charge in [0.15, 0.2) is 0 Å². The molecule has 19 heavy (non-hydrogen) atoms. The summed E-state index contributed by atoms with van der Waals surface area (Å²) in [7, 11) is -3.38. The number of aromatic nitrogens is 2. The van der Waals surface area contributed by atoms with E-state index in [1.54, 1.807) is 15.2 Å². The lowest BCUT2D eigenvalue weighted by atomic mass is 10.0. The Morgan fingerprint density at radius 1 is 1.53 bits per heavy atom. The van der Waals surface area contributed by atoms with E-state index >= 15 is 0 Å². The lowest BCUT2D eigenvalue weighted by Crippen LogP contribution is -2.48. The summed E-state index contributed by atoms with van der Waals surface area (Å²) in [5.41, 5.74) is 0. The molecule has 0 bridgehead atoms. The molecule has 1 aromatic rings. The van der Waals surface area contributed by atoms with E-state index in [1.165, 1.54) is 0 Å². The van der Waals surface area contributed by atoms with Gasteiger partial charge < -0.3 is 0 Å². The molecule has 108 valence electrons. The van der Waals surface area contributed by atoms with Gasteiger partial charge in [-0.25, -0.2) is 0 Å². The average molecular weight is 286 g/mol. The molecule has 0 unspecified atom stereocenters. The van der Waals surface area contributed by atoms with Crippen LogP contribution in [0, 0.1) is 5.92 Å². The van der Waals surface area contributed by atoms with Gasteiger partial charge in [0.2, 0.25) is 0 Å². The van der Waals surface area contributed by atoms with E-state index in [4.69, 9.17) is 0 Å². The fourth-order valence-electron chi connectivity index (χ4n) is 2.42. The molecule has 1 aliphatic heterocycles. The fourth-order valence-corrected chi connectivity index (χ4v) is 3.97. The smallest absolute Gasteiger partial charge is 0.271 e. The number of nitrogens with one attached hydrogen (secondary N) is 1. The summed E-state index contributed by atoms with van der Waals surface area (Å²) in [4.78, 5) is 0. The number of rotatable bonds is 5. The van der Waals surface area contributed by atoms with Crippen LogP contribution in [0.25, 0.3) is 0 Å². The third-order valence-corrected chi connectivity index (χ3v) is 5.04. The third kappa shape index (κ3) is 4.02. The monoisotopic (exact) mass is 286 g/mol. The van der Waals surface area contributed by atoms with Crippen LogP contribution in [0.3, 0.4) is 0 Å². The number of piperidine rings is 1. The zero-order valence-electron chi connectivity index (χ0n) is 11.5. The molecule has 1 N–H and O–H groups in total. The molecule has 7 heteroatoms. The Bertz CT molecular complexity index is 486. The second-order valence-corrected chi connectivity index (χ2v) is 7.06. The van der Waals surface area contributed by atoms with Crippen molar-refractivity contribution in [2.75, 3.05) is 13.1 Å². The Morgan fingerprint density at radius 2 is 2.32 bits per heavy atom. The van der Waals surface area contributed by atoms with Gasteiger partial charge in [-0.05, 0) is 31.7 Å². The normalized spacial score (nSPS) is 23.4. The van der Waals surface area contributed by atoms with Crippen LogP contribution in [0.2, 0.25) is 0 Å². The van der Waals surface area contributed by atoms with Gasteiger partial charge in [0.05, 0.1) is 6.54 Å². The second-order valence-electron chi connectivity index (χ2n) is 5.36. The molecule has 2 atom stereocenters. The molecule has 2 rings (SSSR count). The van der Waals surface area contributed by atoms with Crippen molar-refractivity contribution >= 4 is 10.2 Å². The Balaban J connectivity index is 1.92. The lowest BCUT2D eigenvalue weighted by Gasteiger charge is -2.31. The quantitative estimate of drug-likeness (QED) is 0.872. The first-order valence-corrected chi connectivity index (χ1v) is 8.16. The van der Waals surface area contributed by atoms with Gasteiger partial charge in [0, 0.05) is 31.5 Å². The van der Waals surface area contributed by atoms with Crippen molar-refractivity contribution in [1.82, 2.24) is 18.8 Å². The van der Waals surface area contributed by atoms with Gasteiger partial charge in [0.1, 0.15) is 0 Å². The first kappa shape index (κ1) is 14.5. The molecule has 0 radical (unpaired) electrons. The highest BCUT2D eigenvalue weighted by Crippen LogP contribution is 2.17. The highest BCUT2D eigenvalue weighted by molar-refractivity contribution is 7.87. The molecule has 0 saturated carbocycles. The molecular formula is C12H22N4O2S. The van der Waals surface area contributed by atoms with Crippen molar-refractivity contribution < 1.29 is 8.42 Å². The van der Waals surface area contributed by atoms with E-state index in [9.17, 15) is 8.42 Å². The van der Waals surface area contributed by atoms with Crippen molar-refractivity contribution in [2.45, 2.75) is 39.3 Å². The molecule has 0 aliphatic carbocycles. The molecule has 6 nitrogen and oxygen atoms in total. The van der Waals surface area contributed by atoms with Crippen LogP contribution in [0.4, 0.5) is 0 Å². The molecule has 0 spiro atoms. The van der Waals surface area contributed by atoms with Gasteiger partial charge in [-0.3, -0.25) is 4.68 Å². The summed E-state index contributed by atoms with van der Waals surface area (Å²) >= 11 is 0. The lowest BCUT2D eigenvalue weighted by molar-refractivity contribution is 0.276. The summed E-state index contributed by atoms with van der Waals surface area (Å²) in [6.07, 6.45) is 5.56.